The van der Waals surface area contributed by atoms with Crippen LogP contribution in [0.15, 0.2) is 77.8 Å². The predicted molar refractivity (Wildman–Crippen MR) is 507 cm³/mol. The Balaban J connectivity index is 0.000000536. The van der Waals surface area contributed by atoms with Crippen molar-refractivity contribution in [3.8, 4) is 0 Å². The number of nitrogens with one attached hydrogen (secondary N) is 5. The van der Waals surface area contributed by atoms with Crippen LogP contribution >= 0.6 is 69.6 Å². The SMILES string of the molecule is CC1CCC(N)CC1.CC1CCC(N2CCOCC2=O)CC1.CC1CCC(NC(=O)COCCCl)CC1.NC1CCC(N2CCOCC2=O)CC1.O=C(Cl)COCCCl.O=C(NC1CCC(N2CCOCC2=O)CC1)[C@H]1C[C@@H](O)CN1C(=O)Nc1ccc(Cl)cc1.O=C(O)[C@H]1C[C@@H](O)CN1.O=C(O)[C@H]1C[C@@H](O)CN1C(=O)Nc1ccc(Cl)cc1.O=CC=Nc1ccc(Cl)cc1.O=CO[O-].[Cs+].[Cs+].[H-]. The van der Waals surface area contributed by atoms with Gasteiger partial charge in [0.25, 0.3) is 6.47 Å². The van der Waals surface area contributed by atoms with Gasteiger partial charge in [-0.25, -0.2) is 14.4 Å². The molecule has 11 aliphatic rings. The normalized spacial score (nSPS) is 26.0. The molecule has 37 nitrogen and oxygen atoms in total. The van der Waals surface area contributed by atoms with E-state index in [2.05, 4.69) is 62.0 Å². The zero-order chi connectivity index (χ0) is 98.4. The standard InChI is InChI=1S/C22H29ClN4O5.C12H13ClN2O4.C11H20ClNO2.C11H19NO2.C10H18N2O2.C8H6ClNO.C7H15N.C5H9NO3.C4H6Cl2O2.CH2O3.2Cs.H/c23-14-1-3-16(4-2-14)25-22(31)27-12-18(28)11-19(27)21(30)24-15-5-7-17(8-6-15)26-9-10-32-13-20(26)29;13-7-1-3-8(4-2-7)14-12(19)15-6-9(16)5-10(15)11(17)18;1-9-2-4-10(5-3-9)13-11(14)8-15-7-6-12;1-9-2-4-10(5-3-9)12-6-7-14-8-11(12)13;11-8-1-3-9(4-2-8)12-5-6-14-7-10(12)13;9-7-1-3-8(4-2-7)10-5-6-11;1-6-2-4-7(8)5-3-6;7-3-1-4(5(8)9)6-2-3;5-1-2-8-3-4(6)7;2-1-4-3;;;/h1-4,15,17-19,28H,5-13H2,(H,24,30)(H,25,31);1-4,9-10,16H,5-6H2,(H,14,19)(H,17,18);9-10H,2-8H2,1H3,(H,13,14);9-10H,2-8H2,1H3;8-9H,1-7,11H2;1-6H;6-7H,2-5,8H2,1H3;3-4,6-7H,1-2H2,(H,8,9);1-3H2;1,3H;;;/q;;;;;;;;;;2*+1;-1/p-1/t15?,17?,18-,19-;9-,10-;;;;;;3-,4-;;;;;/m11.....1...../s1. The fourth-order valence-corrected chi connectivity index (χ4v) is 17.2. The van der Waals surface area contributed by atoms with Crippen LogP contribution in [0.3, 0.4) is 0 Å². The molecule has 11 fully saturated rings. The van der Waals surface area contributed by atoms with Gasteiger partial charge in [0.2, 0.25) is 34.8 Å². The van der Waals surface area contributed by atoms with Gasteiger partial charge in [0, 0.05) is 139 Å². The molecule has 45 heteroatoms. The van der Waals surface area contributed by atoms with E-state index in [-0.39, 0.29) is 240 Å². The molecule has 0 unspecified atom stereocenters. The first-order chi connectivity index (χ1) is 64.1. The summed E-state index contributed by atoms with van der Waals surface area (Å²) in [6, 6.07) is 19.2. The summed E-state index contributed by atoms with van der Waals surface area (Å²) in [5.41, 5.74) is 13.3. The Morgan fingerprint density at radius 3 is 1.24 bits per heavy atom. The summed E-state index contributed by atoms with van der Waals surface area (Å²) in [5, 5.41) is 69.5. The number of amides is 9. The van der Waals surface area contributed by atoms with Gasteiger partial charge in [-0.05, 0) is 231 Å². The van der Waals surface area contributed by atoms with Crippen molar-refractivity contribution in [3.63, 3.8) is 0 Å². The van der Waals surface area contributed by atoms with Crippen LogP contribution in [0, 0.1) is 17.8 Å². The fraction of sp³-hybridized carbons (Fsp3) is 0.659. The first-order valence-corrected chi connectivity index (χ1v) is 48.3. The molecule has 0 aromatic heterocycles. The number of aliphatic imine (C=N–C) groups is 1. The molecule has 136 heavy (non-hydrogen) atoms. The van der Waals surface area contributed by atoms with Gasteiger partial charge in [0.15, 0.2) is 6.29 Å². The number of anilines is 2. The fourth-order valence-electron chi connectivity index (χ4n) is 16.5. The first kappa shape index (κ1) is 126. The molecule has 754 valence electrons. The number of nitrogens with two attached hydrogens (primary N) is 2. The molecule has 14 rings (SSSR count). The van der Waals surface area contributed by atoms with Gasteiger partial charge in [-0.1, -0.05) is 55.6 Å². The number of nitrogens with zero attached hydrogens (tertiary/aromatic N) is 6. The molecule has 3 aromatic rings. The van der Waals surface area contributed by atoms with Crippen molar-refractivity contribution < 1.29 is 256 Å². The number of halogens is 6. The number of urea groups is 2. The van der Waals surface area contributed by atoms with Gasteiger partial charge in [-0.2, -0.15) is 0 Å². The number of likely N-dealkylation sites (tertiary alicyclic amines) is 2. The summed E-state index contributed by atoms with van der Waals surface area (Å²) >= 11 is 32.8. The third kappa shape index (κ3) is 51.7. The van der Waals surface area contributed by atoms with E-state index in [9.17, 15) is 63.0 Å². The van der Waals surface area contributed by atoms with Crippen molar-refractivity contribution >= 4 is 164 Å². The second-order valence-corrected chi connectivity index (χ2v) is 36.9. The topological polar surface area (TPSA) is 525 Å². The first-order valence-electron chi connectivity index (χ1n) is 45.7. The quantitative estimate of drug-likeness (QED) is 0.0139. The number of aliphatic hydroxyl groups is 3. The summed E-state index contributed by atoms with van der Waals surface area (Å²) in [6.07, 6.45) is 22.5. The number of β-amino-alcohol motifs (C(OH)–C–C–N with tert-alkyl or cyclic N) is 3. The van der Waals surface area contributed by atoms with Crippen LogP contribution in [0.5, 0.6) is 0 Å². The summed E-state index contributed by atoms with van der Waals surface area (Å²) < 4.78 is 25.1. The smallest absolute Gasteiger partial charge is 1.00 e. The predicted octanol–water partition coefficient (Wildman–Crippen LogP) is 2.58. The van der Waals surface area contributed by atoms with Crippen molar-refractivity contribution in [2.24, 2.45) is 34.2 Å². The maximum atomic E-state index is 13.0. The maximum Gasteiger partial charge on any atom is 1.00 e. The summed E-state index contributed by atoms with van der Waals surface area (Å²) in [4.78, 5) is 149. The molecular weight excluding hydrogens is 2140 g/mol. The minimum absolute atomic E-state index is 0. The van der Waals surface area contributed by atoms with E-state index in [0.29, 0.717) is 127 Å². The van der Waals surface area contributed by atoms with Crippen LogP contribution in [0.2, 0.25) is 15.1 Å². The number of hydrogen-bond donors (Lipinski definition) is 12. The maximum absolute atomic E-state index is 13.0. The summed E-state index contributed by atoms with van der Waals surface area (Å²) in [6.45, 7) is 13.0. The average molecular weight is 2280 g/mol. The number of aldehydes is 1. The van der Waals surface area contributed by atoms with E-state index in [1.54, 1.807) is 72.8 Å². The summed E-state index contributed by atoms with van der Waals surface area (Å²) in [7, 11) is 0. The molecule has 6 aliphatic heterocycles. The summed E-state index contributed by atoms with van der Waals surface area (Å²) in [5.74, 6) is 1.53. The molecule has 5 aliphatic carbocycles. The van der Waals surface area contributed by atoms with Gasteiger partial charge in [0.05, 0.1) is 63.2 Å². The van der Waals surface area contributed by atoms with E-state index >= 15 is 0 Å². The van der Waals surface area contributed by atoms with Crippen LogP contribution in [0.25, 0.3) is 0 Å². The largest absolute Gasteiger partial charge is 1.00 e. The number of aliphatic hydroxyl groups excluding tert-OH is 3. The Morgan fingerprint density at radius 1 is 0.522 bits per heavy atom. The van der Waals surface area contributed by atoms with Gasteiger partial charge >= 0.3 is 162 Å². The van der Waals surface area contributed by atoms with E-state index < -0.39 is 65.7 Å². The molecule has 6 atom stereocenters. The van der Waals surface area contributed by atoms with Gasteiger partial charge in [-0.15, -0.1) is 23.2 Å². The van der Waals surface area contributed by atoms with Crippen LogP contribution in [0.1, 0.15) is 170 Å². The van der Waals surface area contributed by atoms with Gasteiger partial charge in [-0.3, -0.25) is 48.1 Å². The number of alkyl halides is 2. The van der Waals surface area contributed by atoms with Crippen LogP contribution in [-0.4, -0.2) is 324 Å². The zero-order valence-corrected chi connectivity index (χ0v) is 95.6. The number of carbonyl (C=O) groups is 12. The molecule has 0 spiro atoms. The minimum atomic E-state index is -1.12. The molecule has 0 radical (unpaired) electrons. The number of ether oxygens (including phenoxy) is 5. The number of rotatable bonds is 21. The Morgan fingerprint density at radius 2 is 0.882 bits per heavy atom. The monoisotopic (exact) mass is 2270 g/mol. The number of carboxylic acids is 2. The van der Waals surface area contributed by atoms with Crippen molar-refractivity contribution in [3.05, 3.63) is 87.9 Å². The molecule has 14 N–H and O–H groups in total. The van der Waals surface area contributed by atoms with E-state index in [1.165, 1.54) is 75.3 Å². The number of aliphatic carboxylic acids is 2. The number of hydrogen-bond acceptors (Lipinski definition) is 26. The molecule has 9 amide bonds. The number of carbonyl (C=O) groups excluding carboxylic acids is 10. The van der Waals surface area contributed by atoms with Crippen molar-refractivity contribution in [2.45, 2.75) is 247 Å². The average Bonchev–Trinajstić information content (AvgIpc) is 1.71. The molecule has 0 bridgehead atoms. The Labute approximate surface area is 946 Å². The van der Waals surface area contributed by atoms with Crippen molar-refractivity contribution in [2.75, 3.05) is 128 Å². The minimum Gasteiger partial charge on any atom is -1.00 e. The number of morpholine rings is 3. The van der Waals surface area contributed by atoms with Crippen LogP contribution in [0.4, 0.5) is 26.7 Å². The van der Waals surface area contributed by atoms with Crippen LogP contribution in [-0.2, 0) is 76.5 Å². The van der Waals surface area contributed by atoms with E-state index in [4.69, 9.17) is 125 Å². The number of benzene rings is 3. The van der Waals surface area contributed by atoms with Gasteiger partial charge < -0.3 is 123 Å². The van der Waals surface area contributed by atoms with Crippen LogP contribution < -0.4 is 181 Å². The second kappa shape index (κ2) is 72.6. The number of carboxylic acid groups (broad SMARTS) is 2. The molecule has 6 heterocycles. The zero-order valence-electron chi connectivity index (χ0n) is 79.5. The third-order valence-corrected chi connectivity index (χ3v) is 25.1. The Kier molecular flexibility index (Phi) is 67.5. The molecule has 5 saturated carbocycles. The second-order valence-electron chi connectivity index (χ2n) is 34.4. The van der Waals surface area contributed by atoms with E-state index in [1.807, 2.05) is 14.7 Å². The Bertz CT molecular complexity index is 3970. The van der Waals surface area contributed by atoms with Crippen molar-refractivity contribution in [1.82, 2.24) is 40.4 Å². The molecule has 6 saturated heterocycles. The molecule has 3 aromatic carbocycles. The third-order valence-electron chi connectivity index (χ3n) is 23.9. The Hall–Kier alpha value is -3.67. The van der Waals surface area contributed by atoms with Gasteiger partial charge in [0.1, 0.15) is 51.2 Å². The van der Waals surface area contributed by atoms with Crippen molar-refractivity contribution in [1.29, 1.82) is 0 Å². The molecular formula is C91H137Cl6Cs2N13O24. The van der Waals surface area contributed by atoms with E-state index in [0.717, 1.165) is 112 Å².